The molecule has 2 aromatic rings. The van der Waals surface area contributed by atoms with E-state index in [9.17, 15) is 9.59 Å². The first-order valence-electron chi connectivity index (χ1n) is 8.42. The molecule has 1 unspecified atom stereocenters. The number of nitrogens with one attached hydrogen (secondary N) is 2. The second kappa shape index (κ2) is 8.71. The van der Waals surface area contributed by atoms with Crippen LogP contribution in [0.15, 0.2) is 24.3 Å². The largest absolute Gasteiger partial charge is 0.340 e. The lowest BCUT2D eigenvalue weighted by atomic mass is 10.0. The second-order valence-corrected chi connectivity index (χ2v) is 7.31. The summed E-state index contributed by atoms with van der Waals surface area (Å²) in [6.45, 7) is 7.72. The first kappa shape index (κ1) is 19.1. The molecule has 2 N–H and O–H groups in total. The fraction of sp³-hybridized carbons (Fsp3) is 0.444. The number of hydrogen-bond donors (Lipinski definition) is 2. The Kier molecular flexibility index (Phi) is 6.64. The standard InChI is InChI=1S/C18H24N4O2S/c1-5-8-14-21-22-18(25-14)20-17(24)15(11(2)3)19-16(23)13-10-7-6-9-12(13)4/h6-7,9-11,15H,5,8H2,1-4H3,(H,19,23)(H,20,22,24). The normalized spacial score (nSPS) is 12.0. The van der Waals surface area contributed by atoms with Gasteiger partial charge in [-0.05, 0) is 30.9 Å². The summed E-state index contributed by atoms with van der Waals surface area (Å²) >= 11 is 1.37. The fourth-order valence-electron chi connectivity index (χ4n) is 2.38. The number of anilines is 1. The zero-order valence-electron chi connectivity index (χ0n) is 15.0. The molecule has 1 aromatic heterocycles. The van der Waals surface area contributed by atoms with Crippen molar-refractivity contribution in [3.05, 3.63) is 40.4 Å². The SMILES string of the molecule is CCCc1nnc(NC(=O)C(NC(=O)c2ccccc2C)C(C)C)s1. The minimum absolute atomic E-state index is 0.0593. The van der Waals surface area contributed by atoms with Crippen molar-refractivity contribution in [2.45, 2.75) is 46.6 Å². The summed E-state index contributed by atoms with van der Waals surface area (Å²) in [5, 5.41) is 15.0. The van der Waals surface area contributed by atoms with Crippen LogP contribution in [0.2, 0.25) is 0 Å². The van der Waals surface area contributed by atoms with Gasteiger partial charge in [0.1, 0.15) is 11.0 Å². The molecule has 1 atom stereocenters. The van der Waals surface area contributed by atoms with Gasteiger partial charge in [0.2, 0.25) is 11.0 Å². The summed E-state index contributed by atoms with van der Waals surface area (Å²) in [7, 11) is 0. The van der Waals surface area contributed by atoms with Gasteiger partial charge in [-0.2, -0.15) is 0 Å². The van der Waals surface area contributed by atoms with Crippen molar-refractivity contribution in [1.29, 1.82) is 0 Å². The lowest BCUT2D eigenvalue weighted by Gasteiger charge is -2.21. The van der Waals surface area contributed by atoms with Crippen molar-refractivity contribution in [2.24, 2.45) is 5.92 Å². The smallest absolute Gasteiger partial charge is 0.252 e. The Morgan fingerprint density at radius 1 is 1.20 bits per heavy atom. The summed E-state index contributed by atoms with van der Waals surface area (Å²) in [5.41, 5.74) is 1.44. The Labute approximate surface area is 152 Å². The summed E-state index contributed by atoms with van der Waals surface area (Å²) < 4.78 is 0. The maximum atomic E-state index is 12.6. The van der Waals surface area contributed by atoms with Gasteiger partial charge >= 0.3 is 0 Å². The monoisotopic (exact) mass is 360 g/mol. The third-order valence-corrected chi connectivity index (χ3v) is 4.68. The van der Waals surface area contributed by atoms with E-state index in [1.54, 1.807) is 6.07 Å². The molecule has 134 valence electrons. The van der Waals surface area contributed by atoms with Gasteiger partial charge in [0.25, 0.3) is 5.91 Å². The number of carbonyl (C=O) groups is 2. The Bertz CT molecular complexity index is 742. The van der Waals surface area contributed by atoms with Crippen molar-refractivity contribution in [3.8, 4) is 0 Å². The second-order valence-electron chi connectivity index (χ2n) is 6.25. The highest BCUT2D eigenvalue weighted by atomic mass is 32.1. The van der Waals surface area contributed by atoms with Crippen LogP contribution in [0.3, 0.4) is 0 Å². The number of nitrogens with zero attached hydrogens (tertiary/aromatic N) is 2. The fourth-order valence-corrected chi connectivity index (χ4v) is 3.23. The highest BCUT2D eigenvalue weighted by molar-refractivity contribution is 7.15. The van der Waals surface area contributed by atoms with E-state index >= 15 is 0 Å². The minimum Gasteiger partial charge on any atom is -0.340 e. The average molecular weight is 360 g/mol. The minimum atomic E-state index is -0.648. The molecule has 2 amide bonds. The van der Waals surface area contributed by atoms with Crippen LogP contribution in [0, 0.1) is 12.8 Å². The topological polar surface area (TPSA) is 84.0 Å². The Hall–Kier alpha value is -2.28. The number of hydrogen-bond acceptors (Lipinski definition) is 5. The van der Waals surface area contributed by atoms with E-state index in [1.807, 2.05) is 39.0 Å². The molecule has 0 fully saturated rings. The van der Waals surface area contributed by atoms with E-state index in [1.165, 1.54) is 11.3 Å². The van der Waals surface area contributed by atoms with Crippen LogP contribution in [-0.4, -0.2) is 28.1 Å². The molecule has 7 heteroatoms. The zero-order valence-corrected chi connectivity index (χ0v) is 15.8. The molecular weight excluding hydrogens is 336 g/mol. The van der Waals surface area contributed by atoms with E-state index < -0.39 is 6.04 Å². The molecule has 0 aliphatic heterocycles. The molecule has 0 radical (unpaired) electrons. The predicted octanol–water partition coefficient (Wildman–Crippen LogP) is 3.19. The van der Waals surface area contributed by atoms with Crippen LogP contribution in [0.1, 0.15) is 48.1 Å². The number of benzene rings is 1. The van der Waals surface area contributed by atoms with Crippen molar-refractivity contribution < 1.29 is 9.59 Å². The maximum Gasteiger partial charge on any atom is 0.252 e. The van der Waals surface area contributed by atoms with Gasteiger partial charge in [-0.3, -0.25) is 14.9 Å². The van der Waals surface area contributed by atoms with E-state index in [-0.39, 0.29) is 17.7 Å². The van der Waals surface area contributed by atoms with E-state index in [2.05, 4.69) is 27.8 Å². The zero-order chi connectivity index (χ0) is 18.4. The van der Waals surface area contributed by atoms with Crippen molar-refractivity contribution in [1.82, 2.24) is 15.5 Å². The van der Waals surface area contributed by atoms with Crippen molar-refractivity contribution in [2.75, 3.05) is 5.32 Å². The van der Waals surface area contributed by atoms with E-state index in [0.717, 1.165) is 23.4 Å². The van der Waals surface area contributed by atoms with Crippen LogP contribution in [0.4, 0.5) is 5.13 Å². The maximum absolute atomic E-state index is 12.6. The highest BCUT2D eigenvalue weighted by Gasteiger charge is 2.26. The lowest BCUT2D eigenvalue weighted by molar-refractivity contribution is -0.118. The molecule has 1 aromatic carbocycles. The summed E-state index contributed by atoms with van der Waals surface area (Å²) in [4.78, 5) is 25.1. The van der Waals surface area contributed by atoms with Crippen LogP contribution < -0.4 is 10.6 Å². The molecule has 2 rings (SSSR count). The van der Waals surface area contributed by atoms with Crippen molar-refractivity contribution >= 4 is 28.3 Å². The quantitative estimate of drug-likeness (QED) is 0.794. The van der Waals surface area contributed by atoms with Crippen LogP contribution >= 0.6 is 11.3 Å². The molecule has 0 saturated heterocycles. The van der Waals surface area contributed by atoms with Crippen LogP contribution in [-0.2, 0) is 11.2 Å². The number of aromatic nitrogens is 2. The lowest BCUT2D eigenvalue weighted by Crippen LogP contribution is -2.47. The molecule has 0 saturated carbocycles. The third kappa shape index (κ3) is 5.09. The summed E-state index contributed by atoms with van der Waals surface area (Å²) in [5.74, 6) is -0.594. The number of aryl methyl sites for hydroxylation is 2. The Balaban J connectivity index is 2.07. The molecule has 6 nitrogen and oxygen atoms in total. The molecule has 0 bridgehead atoms. The average Bonchev–Trinajstić information content (AvgIpc) is 2.99. The molecule has 25 heavy (non-hydrogen) atoms. The Morgan fingerprint density at radius 3 is 2.56 bits per heavy atom. The number of amides is 2. The van der Waals surface area contributed by atoms with E-state index in [0.29, 0.717) is 10.7 Å². The van der Waals surface area contributed by atoms with Gasteiger partial charge in [-0.25, -0.2) is 0 Å². The van der Waals surface area contributed by atoms with Crippen LogP contribution in [0.25, 0.3) is 0 Å². The third-order valence-electron chi connectivity index (χ3n) is 3.79. The van der Waals surface area contributed by atoms with Gasteiger partial charge in [0, 0.05) is 12.0 Å². The van der Waals surface area contributed by atoms with Gasteiger partial charge in [0.05, 0.1) is 0 Å². The number of rotatable bonds is 7. The van der Waals surface area contributed by atoms with Gasteiger partial charge in [0.15, 0.2) is 0 Å². The summed E-state index contributed by atoms with van der Waals surface area (Å²) in [6, 6.07) is 6.66. The molecule has 1 heterocycles. The predicted molar refractivity (Wildman–Crippen MR) is 99.8 cm³/mol. The first-order valence-corrected chi connectivity index (χ1v) is 9.23. The van der Waals surface area contributed by atoms with E-state index in [4.69, 9.17) is 0 Å². The number of carbonyl (C=O) groups excluding carboxylic acids is 2. The first-order chi connectivity index (χ1) is 11.9. The van der Waals surface area contributed by atoms with Crippen LogP contribution in [0.5, 0.6) is 0 Å². The van der Waals surface area contributed by atoms with Gasteiger partial charge in [-0.15, -0.1) is 10.2 Å². The molecular formula is C18H24N4O2S. The molecule has 0 aliphatic carbocycles. The summed E-state index contributed by atoms with van der Waals surface area (Å²) in [6.07, 6.45) is 1.81. The molecule has 0 aliphatic rings. The van der Waals surface area contributed by atoms with Gasteiger partial charge < -0.3 is 5.32 Å². The molecule has 0 spiro atoms. The van der Waals surface area contributed by atoms with Crippen molar-refractivity contribution in [3.63, 3.8) is 0 Å². The Morgan fingerprint density at radius 2 is 1.92 bits per heavy atom. The highest BCUT2D eigenvalue weighted by Crippen LogP contribution is 2.18. The van der Waals surface area contributed by atoms with Gasteiger partial charge in [-0.1, -0.05) is 50.3 Å².